The van der Waals surface area contributed by atoms with Crippen LogP contribution in [0.15, 0.2) is 42.5 Å². The summed E-state index contributed by atoms with van der Waals surface area (Å²) in [5, 5.41) is 2.60. The van der Waals surface area contributed by atoms with Gasteiger partial charge in [0.1, 0.15) is 11.9 Å². The van der Waals surface area contributed by atoms with Crippen LogP contribution in [0.3, 0.4) is 0 Å². The van der Waals surface area contributed by atoms with Crippen LogP contribution in [0, 0.1) is 5.82 Å². The molecule has 2 aliphatic heterocycles. The molecule has 36 heavy (non-hydrogen) atoms. The fourth-order valence-corrected chi connectivity index (χ4v) is 4.59. The van der Waals surface area contributed by atoms with Crippen molar-refractivity contribution in [2.24, 2.45) is 0 Å². The number of nitrogens with one attached hydrogen (secondary N) is 1. The van der Waals surface area contributed by atoms with Gasteiger partial charge in [-0.05, 0) is 42.0 Å². The molecule has 4 rings (SSSR count). The number of cyclic esters (lactones) is 1. The number of benzene rings is 2. The normalized spacial score (nSPS) is 18.4. The van der Waals surface area contributed by atoms with Gasteiger partial charge in [0, 0.05) is 49.5 Å². The average Bonchev–Trinajstić information content (AvgIpc) is 3.19. The summed E-state index contributed by atoms with van der Waals surface area (Å²) in [5.41, 5.74) is 6.96. The maximum Gasteiger partial charge on any atom is 0.414 e. The summed E-state index contributed by atoms with van der Waals surface area (Å²) >= 11 is 0. The maximum absolute atomic E-state index is 15.1. The van der Waals surface area contributed by atoms with Gasteiger partial charge in [-0.2, -0.15) is 0 Å². The highest BCUT2D eigenvalue weighted by atomic mass is 19.1. The van der Waals surface area contributed by atoms with Gasteiger partial charge >= 0.3 is 6.09 Å². The third-order valence-corrected chi connectivity index (χ3v) is 6.60. The van der Waals surface area contributed by atoms with Gasteiger partial charge in [-0.25, -0.2) is 9.18 Å². The number of carbonyl (C=O) groups excluding carboxylic acids is 4. The van der Waals surface area contributed by atoms with Crippen LogP contribution in [0.5, 0.6) is 0 Å². The minimum absolute atomic E-state index is 0.0808. The number of Topliss-reactive ketones (excluding diaryl/α,β-unsaturated/α-hetero) is 1. The number of amides is 3. The van der Waals surface area contributed by atoms with Gasteiger partial charge in [-0.1, -0.05) is 13.0 Å². The summed E-state index contributed by atoms with van der Waals surface area (Å²) in [5.74, 6) is -0.986. The van der Waals surface area contributed by atoms with Crippen molar-refractivity contribution < 1.29 is 28.3 Å². The van der Waals surface area contributed by atoms with Gasteiger partial charge in [0.25, 0.3) is 0 Å². The Hall–Kier alpha value is -3.95. The summed E-state index contributed by atoms with van der Waals surface area (Å²) < 4.78 is 20.3. The second-order valence-corrected chi connectivity index (χ2v) is 9.57. The molecule has 3 amide bonds. The number of likely N-dealkylation sites (tertiary alicyclic amines) is 1. The molecule has 2 heterocycles. The van der Waals surface area contributed by atoms with E-state index in [0.717, 1.165) is 0 Å². The highest BCUT2D eigenvalue weighted by Gasteiger charge is 2.44. The summed E-state index contributed by atoms with van der Waals surface area (Å²) in [6.45, 7) is 4.31. The van der Waals surface area contributed by atoms with Crippen molar-refractivity contribution >= 4 is 35.1 Å². The molecule has 0 unspecified atom stereocenters. The Morgan fingerprint density at radius 1 is 1.14 bits per heavy atom. The molecule has 0 aliphatic carbocycles. The number of carbonyl (C=O) groups is 4. The van der Waals surface area contributed by atoms with Crippen LogP contribution in [0.25, 0.3) is 0 Å². The van der Waals surface area contributed by atoms with Gasteiger partial charge in [-0.15, -0.1) is 0 Å². The lowest BCUT2D eigenvalue weighted by Gasteiger charge is -2.48. The number of nitrogen functional groups attached to an aromatic ring is 1. The topological polar surface area (TPSA) is 122 Å². The van der Waals surface area contributed by atoms with Gasteiger partial charge in [0.2, 0.25) is 11.8 Å². The molecule has 1 atom stereocenters. The van der Waals surface area contributed by atoms with E-state index in [1.807, 2.05) is 6.92 Å². The molecule has 0 saturated carbocycles. The lowest BCUT2D eigenvalue weighted by Crippen LogP contribution is -2.59. The molecule has 10 heteroatoms. The third-order valence-electron chi connectivity index (χ3n) is 6.60. The molecular formula is C26H29FN4O5. The van der Waals surface area contributed by atoms with Gasteiger partial charge in [0.05, 0.1) is 18.8 Å². The van der Waals surface area contributed by atoms with Crippen molar-refractivity contribution in [3.05, 3.63) is 59.4 Å². The number of nitrogens with zero attached hydrogens (tertiary/aromatic N) is 2. The lowest BCUT2D eigenvalue weighted by atomic mass is 9.75. The molecule has 0 spiro atoms. The van der Waals surface area contributed by atoms with Crippen molar-refractivity contribution in [2.75, 3.05) is 36.8 Å². The minimum atomic E-state index is -0.599. The molecule has 190 valence electrons. The van der Waals surface area contributed by atoms with E-state index in [4.69, 9.17) is 10.5 Å². The number of ketones is 1. The fraction of sp³-hybridized carbons (Fsp3) is 0.385. The first kappa shape index (κ1) is 25.2. The predicted molar refractivity (Wildman–Crippen MR) is 131 cm³/mol. The zero-order valence-corrected chi connectivity index (χ0v) is 20.3. The quantitative estimate of drug-likeness (QED) is 0.428. The van der Waals surface area contributed by atoms with E-state index >= 15 is 4.39 Å². The fourth-order valence-electron chi connectivity index (χ4n) is 4.59. The lowest BCUT2D eigenvalue weighted by molar-refractivity contribution is -0.138. The summed E-state index contributed by atoms with van der Waals surface area (Å²) in [6.07, 6.45) is -0.942. The van der Waals surface area contributed by atoms with Crippen LogP contribution in [0.1, 0.15) is 42.6 Å². The van der Waals surface area contributed by atoms with Crippen molar-refractivity contribution in [2.45, 2.75) is 38.2 Å². The predicted octanol–water partition coefficient (Wildman–Crippen LogP) is 2.63. The zero-order chi connectivity index (χ0) is 26.0. The van der Waals surface area contributed by atoms with E-state index in [-0.39, 0.29) is 43.5 Å². The van der Waals surface area contributed by atoms with E-state index in [2.05, 4.69) is 5.32 Å². The Labute approximate surface area is 208 Å². The summed E-state index contributed by atoms with van der Waals surface area (Å²) in [7, 11) is 0. The molecule has 0 radical (unpaired) electrons. The van der Waals surface area contributed by atoms with Crippen molar-refractivity contribution in [1.82, 2.24) is 10.2 Å². The number of anilines is 2. The first-order valence-electron chi connectivity index (χ1n) is 11.7. The van der Waals surface area contributed by atoms with E-state index < -0.39 is 23.4 Å². The molecule has 2 aliphatic rings. The van der Waals surface area contributed by atoms with Crippen LogP contribution >= 0.6 is 0 Å². The molecule has 2 saturated heterocycles. The minimum Gasteiger partial charge on any atom is -0.442 e. The Bertz CT molecular complexity index is 1190. The summed E-state index contributed by atoms with van der Waals surface area (Å²) in [6, 6.07) is 11.1. The smallest absolute Gasteiger partial charge is 0.414 e. The van der Waals surface area contributed by atoms with Crippen LogP contribution < -0.4 is 16.0 Å². The molecule has 2 fully saturated rings. The Balaban J connectivity index is 1.32. The molecule has 3 N–H and O–H groups in total. The van der Waals surface area contributed by atoms with Crippen LogP contribution in [-0.4, -0.2) is 60.9 Å². The first-order valence-corrected chi connectivity index (χ1v) is 11.7. The number of nitrogens with two attached hydrogens (primary N) is 1. The van der Waals surface area contributed by atoms with E-state index in [9.17, 15) is 19.2 Å². The zero-order valence-electron chi connectivity index (χ0n) is 20.3. The molecular weight excluding hydrogens is 467 g/mol. The standard InChI is InChI=1S/C26H29FN4O5/c1-16(32)29-12-20-13-31(25(35)36-20)19-7-8-21(22(27)11-19)26(2)14-30(15-26)24(34)10-9-23(33)17-3-5-18(28)6-4-17/h3-8,11,20H,9-10,12-15,28H2,1-2H3,(H,29,32)/t20-/m0/s1. The van der Waals surface area contributed by atoms with Gasteiger partial charge < -0.3 is 20.7 Å². The SMILES string of the molecule is CC(=O)NC[C@H]1CN(c2ccc(C3(C)CN(C(=O)CCC(=O)c4ccc(N)cc4)C3)c(F)c2)C(=O)O1. The number of hydrogen-bond donors (Lipinski definition) is 2. The van der Waals surface area contributed by atoms with E-state index in [1.165, 1.54) is 17.9 Å². The average molecular weight is 497 g/mol. The molecule has 9 nitrogen and oxygen atoms in total. The van der Waals surface area contributed by atoms with Crippen molar-refractivity contribution in [1.29, 1.82) is 0 Å². The van der Waals surface area contributed by atoms with E-state index in [1.54, 1.807) is 41.3 Å². The first-order chi connectivity index (χ1) is 17.1. The Morgan fingerprint density at radius 3 is 2.47 bits per heavy atom. The highest BCUT2D eigenvalue weighted by Crippen LogP contribution is 2.37. The Kier molecular flexibility index (Phi) is 6.96. The maximum atomic E-state index is 15.1. The van der Waals surface area contributed by atoms with Crippen LogP contribution in [0.2, 0.25) is 0 Å². The van der Waals surface area contributed by atoms with Crippen molar-refractivity contribution in [3.8, 4) is 0 Å². The second-order valence-electron chi connectivity index (χ2n) is 9.57. The number of halogens is 1. The van der Waals surface area contributed by atoms with Crippen LogP contribution in [0.4, 0.5) is 20.6 Å². The Morgan fingerprint density at radius 2 is 1.83 bits per heavy atom. The molecule has 2 aromatic rings. The molecule has 2 aromatic carbocycles. The largest absolute Gasteiger partial charge is 0.442 e. The number of rotatable bonds is 8. The monoisotopic (exact) mass is 496 g/mol. The van der Waals surface area contributed by atoms with Crippen LogP contribution in [-0.2, 0) is 19.7 Å². The second kappa shape index (κ2) is 9.96. The molecule has 0 bridgehead atoms. The van der Waals surface area contributed by atoms with E-state index in [0.29, 0.717) is 35.6 Å². The summed E-state index contributed by atoms with van der Waals surface area (Å²) in [4.78, 5) is 51.2. The van der Waals surface area contributed by atoms with Gasteiger partial charge in [-0.3, -0.25) is 19.3 Å². The van der Waals surface area contributed by atoms with Crippen molar-refractivity contribution in [3.63, 3.8) is 0 Å². The number of ether oxygens (including phenoxy) is 1. The van der Waals surface area contributed by atoms with Gasteiger partial charge in [0.15, 0.2) is 5.78 Å². The third kappa shape index (κ3) is 5.32. The molecule has 0 aromatic heterocycles. The highest BCUT2D eigenvalue weighted by molar-refractivity contribution is 5.98. The number of hydrogen-bond acceptors (Lipinski definition) is 6.